The summed E-state index contributed by atoms with van der Waals surface area (Å²) in [6.07, 6.45) is 2.98. The number of aryl methyl sites for hydroxylation is 1. The summed E-state index contributed by atoms with van der Waals surface area (Å²) in [7, 11) is 1.64. The van der Waals surface area contributed by atoms with Crippen molar-refractivity contribution in [2.45, 2.75) is 51.1 Å². The van der Waals surface area contributed by atoms with Gasteiger partial charge in [-0.15, -0.1) is 0 Å². The molecule has 43 heavy (non-hydrogen) atoms. The van der Waals surface area contributed by atoms with Crippen molar-refractivity contribution >= 4 is 17.6 Å². The number of nitrogens with zero attached hydrogens (tertiary/aromatic N) is 2. The molecule has 1 fully saturated rings. The molecule has 0 spiro atoms. The number of para-hydroxylation sites is 1. The summed E-state index contributed by atoms with van der Waals surface area (Å²) in [6.45, 7) is 3.75. The highest BCUT2D eigenvalue weighted by molar-refractivity contribution is 5.95. The minimum absolute atomic E-state index is 0.0552. The first-order valence-corrected chi connectivity index (χ1v) is 15.0. The highest BCUT2D eigenvalue weighted by Gasteiger charge is 2.47. The van der Waals surface area contributed by atoms with E-state index >= 15 is 0 Å². The fraction of sp³-hybridized carbons (Fsp3) is 0.412. The number of benzene rings is 3. The van der Waals surface area contributed by atoms with Crippen LogP contribution >= 0.6 is 0 Å². The summed E-state index contributed by atoms with van der Waals surface area (Å²) in [5, 5.41) is 10.6. The maximum Gasteiger partial charge on any atom is 0.308 e. The zero-order valence-electron chi connectivity index (χ0n) is 24.9. The van der Waals surface area contributed by atoms with Gasteiger partial charge in [-0.25, -0.2) is 0 Å². The number of carboxylic acids is 1. The molecule has 0 aromatic heterocycles. The van der Waals surface area contributed by atoms with Crippen molar-refractivity contribution in [3.8, 4) is 17.2 Å². The minimum atomic E-state index is -0.874. The van der Waals surface area contributed by atoms with Gasteiger partial charge in [-0.3, -0.25) is 14.5 Å². The quantitative estimate of drug-likeness (QED) is 0.293. The summed E-state index contributed by atoms with van der Waals surface area (Å²) in [5.74, 6) is 0.0703. The van der Waals surface area contributed by atoms with Crippen molar-refractivity contribution < 1.29 is 28.9 Å². The molecule has 9 nitrogen and oxygen atoms in total. The molecular formula is C34H41N3O6. The number of hydrogen-bond donors (Lipinski definition) is 2. The van der Waals surface area contributed by atoms with Crippen LogP contribution in [0.25, 0.3) is 0 Å². The molecule has 9 heteroatoms. The summed E-state index contributed by atoms with van der Waals surface area (Å²) in [5.41, 5.74) is 9.55. The Morgan fingerprint density at radius 1 is 1.07 bits per heavy atom. The van der Waals surface area contributed by atoms with E-state index in [1.54, 1.807) is 7.11 Å². The summed E-state index contributed by atoms with van der Waals surface area (Å²) < 4.78 is 16.7. The van der Waals surface area contributed by atoms with Crippen LogP contribution in [0.15, 0.2) is 66.7 Å². The molecule has 2 aliphatic rings. The number of unbranched alkanes of at least 4 members (excludes halogenated alkanes) is 1. The van der Waals surface area contributed by atoms with Crippen LogP contribution < -0.4 is 24.8 Å². The number of amides is 1. The number of methoxy groups -OCH3 is 1. The van der Waals surface area contributed by atoms with Crippen molar-refractivity contribution in [3.05, 3.63) is 83.4 Å². The number of aliphatic carboxylic acids is 1. The average Bonchev–Trinajstić information content (AvgIpc) is 3.64. The molecule has 3 aromatic carbocycles. The average molecular weight is 588 g/mol. The van der Waals surface area contributed by atoms with Gasteiger partial charge in [0.05, 0.1) is 19.6 Å². The number of hydrogen-bond acceptors (Lipinski definition) is 7. The fourth-order valence-electron chi connectivity index (χ4n) is 6.37. The van der Waals surface area contributed by atoms with Crippen LogP contribution in [0.3, 0.4) is 0 Å². The van der Waals surface area contributed by atoms with Crippen LogP contribution in [0.4, 0.5) is 5.69 Å². The third-order valence-corrected chi connectivity index (χ3v) is 8.59. The molecule has 0 bridgehead atoms. The Balaban J connectivity index is 1.46. The number of carbonyl (C=O) groups is 2. The molecule has 0 radical (unpaired) electrons. The number of fused-ring (bicyclic) bond motifs is 1. The topological polar surface area (TPSA) is 115 Å². The van der Waals surface area contributed by atoms with E-state index in [9.17, 15) is 14.7 Å². The Morgan fingerprint density at radius 2 is 1.88 bits per heavy atom. The second-order valence-corrected chi connectivity index (χ2v) is 11.2. The maximum absolute atomic E-state index is 14.0. The van der Waals surface area contributed by atoms with Gasteiger partial charge in [0.15, 0.2) is 11.5 Å². The lowest BCUT2D eigenvalue weighted by Crippen LogP contribution is -2.44. The SMILES string of the molecule is CCCCN(C(=O)CN1C[C@H](c2ccc3c(c2)OCO3)[C@@H](C(=O)O)[C@@H]1CCc1ccccc1OC)c1cccc(CN)c1. The zero-order valence-corrected chi connectivity index (χ0v) is 24.9. The number of nitrogens with two attached hydrogens (primary N) is 1. The standard InChI is InChI=1S/C34H41N3O6/c1-3-4-16-37(26-10-7-8-23(17-26)19-35)32(38)21-36-20-27(25-13-15-30-31(18-25)43-22-42-30)33(34(39)40)28(36)14-12-24-9-5-6-11-29(24)41-2/h5-11,13,15,17-18,27-28,33H,3-4,12,14,16,19-22,35H2,1-2H3,(H,39,40)/t27-,28+,33-/m1/s1. The Morgan fingerprint density at radius 3 is 2.65 bits per heavy atom. The second kappa shape index (κ2) is 13.9. The lowest BCUT2D eigenvalue weighted by molar-refractivity contribution is -0.143. The van der Waals surface area contributed by atoms with Crippen LogP contribution in [0.1, 0.15) is 48.8 Å². The molecular weight excluding hydrogens is 546 g/mol. The van der Waals surface area contributed by atoms with Crippen LogP contribution in [0, 0.1) is 5.92 Å². The van der Waals surface area contributed by atoms with Gasteiger partial charge in [0.25, 0.3) is 0 Å². The van der Waals surface area contributed by atoms with E-state index in [0.717, 1.165) is 41.0 Å². The molecule has 5 rings (SSSR count). The smallest absolute Gasteiger partial charge is 0.308 e. The van der Waals surface area contributed by atoms with Crippen LogP contribution in [0.5, 0.6) is 17.2 Å². The molecule has 1 saturated heterocycles. The van der Waals surface area contributed by atoms with E-state index in [0.29, 0.717) is 44.0 Å². The van der Waals surface area contributed by atoms with Gasteiger partial charge >= 0.3 is 5.97 Å². The molecule has 228 valence electrons. The van der Waals surface area contributed by atoms with Crippen LogP contribution in [-0.4, -0.2) is 61.5 Å². The Kier molecular flexibility index (Phi) is 9.84. The largest absolute Gasteiger partial charge is 0.496 e. The van der Waals surface area contributed by atoms with E-state index in [1.165, 1.54) is 0 Å². The predicted octanol–water partition coefficient (Wildman–Crippen LogP) is 4.82. The molecule has 3 N–H and O–H groups in total. The Bertz CT molecular complexity index is 1430. The van der Waals surface area contributed by atoms with E-state index in [-0.39, 0.29) is 31.2 Å². The molecule has 0 aliphatic carbocycles. The minimum Gasteiger partial charge on any atom is -0.496 e. The van der Waals surface area contributed by atoms with Crippen LogP contribution in [-0.2, 0) is 22.6 Å². The van der Waals surface area contributed by atoms with Crippen molar-refractivity contribution in [1.29, 1.82) is 0 Å². The third-order valence-electron chi connectivity index (χ3n) is 8.59. The van der Waals surface area contributed by atoms with E-state index in [4.69, 9.17) is 19.9 Å². The van der Waals surface area contributed by atoms with E-state index < -0.39 is 11.9 Å². The lowest BCUT2D eigenvalue weighted by atomic mass is 9.83. The second-order valence-electron chi connectivity index (χ2n) is 11.2. The normalized spacial score (nSPS) is 19.4. The predicted molar refractivity (Wildman–Crippen MR) is 165 cm³/mol. The van der Waals surface area contributed by atoms with Crippen molar-refractivity contribution in [1.82, 2.24) is 4.90 Å². The molecule has 2 aliphatic heterocycles. The summed E-state index contributed by atoms with van der Waals surface area (Å²) >= 11 is 0. The number of carboxylic acid groups (broad SMARTS) is 1. The van der Waals surface area contributed by atoms with Gasteiger partial charge in [0.2, 0.25) is 12.7 Å². The first kappa shape index (κ1) is 30.4. The number of carbonyl (C=O) groups excluding carboxylic acids is 1. The number of rotatable bonds is 13. The molecule has 3 aromatic rings. The van der Waals surface area contributed by atoms with E-state index in [2.05, 4.69) is 11.8 Å². The van der Waals surface area contributed by atoms with E-state index in [1.807, 2.05) is 71.6 Å². The first-order valence-electron chi connectivity index (χ1n) is 15.0. The monoisotopic (exact) mass is 587 g/mol. The van der Waals surface area contributed by atoms with Gasteiger partial charge in [0, 0.05) is 37.3 Å². The molecule has 1 amide bonds. The highest BCUT2D eigenvalue weighted by Crippen LogP contribution is 2.43. The lowest BCUT2D eigenvalue weighted by Gasteiger charge is -2.30. The van der Waals surface area contributed by atoms with Crippen molar-refractivity contribution in [2.75, 3.05) is 38.4 Å². The van der Waals surface area contributed by atoms with Crippen LogP contribution in [0.2, 0.25) is 0 Å². The zero-order chi connectivity index (χ0) is 30.3. The Labute approximate surface area is 253 Å². The molecule has 3 atom stereocenters. The number of likely N-dealkylation sites (tertiary alicyclic amines) is 1. The van der Waals surface area contributed by atoms with Gasteiger partial charge in [-0.2, -0.15) is 0 Å². The Hall–Kier alpha value is -4.08. The fourth-order valence-corrected chi connectivity index (χ4v) is 6.37. The maximum atomic E-state index is 14.0. The molecule has 0 saturated carbocycles. The molecule has 0 unspecified atom stereocenters. The van der Waals surface area contributed by atoms with Gasteiger partial charge < -0.3 is 30.0 Å². The van der Waals surface area contributed by atoms with Crippen molar-refractivity contribution in [2.24, 2.45) is 11.7 Å². The number of ether oxygens (including phenoxy) is 3. The highest BCUT2D eigenvalue weighted by atomic mass is 16.7. The summed E-state index contributed by atoms with van der Waals surface area (Å²) in [4.78, 5) is 30.9. The van der Waals surface area contributed by atoms with Gasteiger partial charge in [-0.1, -0.05) is 49.7 Å². The number of anilines is 1. The summed E-state index contributed by atoms with van der Waals surface area (Å²) in [6, 6.07) is 20.8. The molecule has 2 heterocycles. The van der Waals surface area contributed by atoms with Crippen molar-refractivity contribution in [3.63, 3.8) is 0 Å². The van der Waals surface area contributed by atoms with Gasteiger partial charge in [-0.05, 0) is 66.3 Å². The third kappa shape index (κ3) is 6.78. The van der Waals surface area contributed by atoms with Gasteiger partial charge in [0.1, 0.15) is 5.75 Å². The first-order chi connectivity index (χ1) is 20.9.